The molecule has 0 spiro atoms. The monoisotopic (exact) mass is 383 g/mol. The van der Waals surface area contributed by atoms with Crippen LogP contribution >= 0.6 is 23.2 Å². The maximum absolute atomic E-state index is 12.7. The SMILES string of the molecule is NC1CCCC(C(=O)N2CCN(C(=O)c3ccc(Cl)cc3Cl)CC2)C1. The summed E-state index contributed by atoms with van der Waals surface area (Å²) in [6.07, 6.45) is 3.73. The summed E-state index contributed by atoms with van der Waals surface area (Å²) in [7, 11) is 0. The van der Waals surface area contributed by atoms with E-state index < -0.39 is 0 Å². The van der Waals surface area contributed by atoms with Gasteiger partial charge < -0.3 is 15.5 Å². The van der Waals surface area contributed by atoms with Crippen molar-refractivity contribution in [1.29, 1.82) is 0 Å². The molecule has 25 heavy (non-hydrogen) atoms. The molecule has 2 fully saturated rings. The summed E-state index contributed by atoms with van der Waals surface area (Å²) in [4.78, 5) is 28.9. The van der Waals surface area contributed by atoms with E-state index in [0.29, 0.717) is 41.8 Å². The van der Waals surface area contributed by atoms with Crippen LogP contribution in [0.4, 0.5) is 0 Å². The average molecular weight is 384 g/mol. The second-order valence-corrected chi connectivity index (χ2v) is 7.71. The number of amides is 2. The zero-order valence-corrected chi connectivity index (χ0v) is 15.6. The molecule has 2 unspecified atom stereocenters. The van der Waals surface area contributed by atoms with Crippen molar-refractivity contribution in [2.75, 3.05) is 26.2 Å². The summed E-state index contributed by atoms with van der Waals surface area (Å²) < 4.78 is 0. The molecule has 1 saturated carbocycles. The maximum atomic E-state index is 12.7. The van der Waals surface area contributed by atoms with Crippen LogP contribution in [0.5, 0.6) is 0 Å². The van der Waals surface area contributed by atoms with Gasteiger partial charge in [-0.3, -0.25) is 9.59 Å². The minimum Gasteiger partial charge on any atom is -0.339 e. The minimum absolute atomic E-state index is 0.0386. The van der Waals surface area contributed by atoms with Gasteiger partial charge in [-0.1, -0.05) is 29.6 Å². The highest BCUT2D eigenvalue weighted by atomic mass is 35.5. The Labute approximate surface area is 158 Å². The summed E-state index contributed by atoms with van der Waals surface area (Å²) in [5, 5.41) is 0.856. The number of rotatable bonds is 2. The summed E-state index contributed by atoms with van der Waals surface area (Å²) in [5.74, 6) is 0.108. The van der Waals surface area contributed by atoms with Crippen LogP contribution in [0.25, 0.3) is 0 Å². The van der Waals surface area contributed by atoms with Crippen molar-refractivity contribution in [3.63, 3.8) is 0 Å². The highest BCUT2D eigenvalue weighted by Crippen LogP contribution is 2.26. The second-order valence-electron chi connectivity index (χ2n) is 6.87. The van der Waals surface area contributed by atoms with Gasteiger partial charge in [-0.2, -0.15) is 0 Å². The summed E-state index contributed by atoms with van der Waals surface area (Å²) >= 11 is 12.0. The lowest BCUT2D eigenvalue weighted by Gasteiger charge is -2.38. The molecule has 1 saturated heterocycles. The van der Waals surface area contributed by atoms with E-state index in [1.54, 1.807) is 23.1 Å². The number of nitrogens with two attached hydrogens (primary N) is 1. The number of carbonyl (C=O) groups excluding carboxylic acids is 2. The Morgan fingerprint density at radius 2 is 1.72 bits per heavy atom. The molecule has 2 amide bonds. The Balaban J connectivity index is 1.58. The van der Waals surface area contributed by atoms with E-state index in [-0.39, 0.29) is 23.8 Å². The lowest BCUT2D eigenvalue weighted by atomic mass is 9.85. The fraction of sp³-hybridized carbons (Fsp3) is 0.556. The highest BCUT2D eigenvalue weighted by Gasteiger charge is 2.32. The molecule has 1 aliphatic heterocycles. The van der Waals surface area contributed by atoms with Gasteiger partial charge in [-0.25, -0.2) is 0 Å². The number of piperazine rings is 1. The number of carbonyl (C=O) groups is 2. The molecule has 5 nitrogen and oxygen atoms in total. The average Bonchev–Trinajstić information content (AvgIpc) is 2.61. The molecule has 1 aromatic rings. The molecule has 0 bridgehead atoms. The lowest BCUT2D eigenvalue weighted by Crippen LogP contribution is -2.52. The number of hydrogen-bond acceptors (Lipinski definition) is 3. The van der Waals surface area contributed by atoms with E-state index in [9.17, 15) is 9.59 Å². The predicted molar refractivity (Wildman–Crippen MR) is 98.9 cm³/mol. The summed E-state index contributed by atoms with van der Waals surface area (Å²) in [6, 6.07) is 5.01. The standard InChI is InChI=1S/C18H23Cl2N3O2/c19-13-4-5-15(16(20)11-13)18(25)23-8-6-22(7-9-23)17(24)12-2-1-3-14(21)10-12/h4-5,11-12,14H,1-3,6-10,21H2. The molecule has 136 valence electrons. The number of benzene rings is 1. The number of hydrogen-bond donors (Lipinski definition) is 1. The second kappa shape index (κ2) is 7.94. The van der Waals surface area contributed by atoms with E-state index in [2.05, 4.69) is 0 Å². The first-order valence-electron chi connectivity index (χ1n) is 8.74. The first kappa shape index (κ1) is 18.5. The van der Waals surface area contributed by atoms with Crippen molar-refractivity contribution in [3.8, 4) is 0 Å². The van der Waals surface area contributed by atoms with Crippen molar-refractivity contribution in [2.45, 2.75) is 31.7 Å². The number of nitrogens with zero attached hydrogens (tertiary/aromatic N) is 2. The Morgan fingerprint density at radius 3 is 2.36 bits per heavy atom. The van der Waals surface area contributed by atoms with E-state index in [4.69, 9.17) is 28.9 Å². The number of halogens is 2. The normalized spacial score (nSPS) is 24.3. The van der Waals surface area contributed by atoms with Gasteiger partial charge in [-0.05, 0) is 37.5 Å². The van der Waals surface area contributed by atoms with Gasteiger partial charge >= 0.3 is 0 Å². The van der Waals surface area contributed by atoms with E-state index in [1.807, 2.05) is 4.90 Å². The Kier molecular flexibility index (Phi) is 5.87. The molecule has 2 atom stereocenters. The van der Waals surface area contributed by atoms with Crippen LogP contribution in [0.2, 0.25) is 10.0 Å². The topological polar surface area (TPSA) is 66.6 Å². The molecule has 3 rings (SSSR count). The fourth-order valence-corrected chi connectivity index (χ4v) is 4.16. The van der Waals surface area contributed by atoms with E-state index in [0.717, 1.165) is 25.7 Å². The Morgan fingerprint density at radius 1 is 1.04 bits per heavy atom. The third-order valence-corrected chi connectivity index (χ3v) is 5.65. The quantitative estimate of drug-likeness (QED) is 0.853. The molecule has 0 radical (unpaired) electrons. The molecular weight excluding hydrogens is 361 g/mol. The molecule has 1 aliphatic carbocycles. The molecular formula is C18H23Cl2N3O2. The smallest absolute Gasteiger partial charge is 0.255 e. The molecule has 7 heteroatoms. The van der Waals surface area contributed by atoms with Gasteiger partial charge in [0.25, 0.3) is 5.91 Å². The van der Waals surface area contributed by atoms with Crippen LogP contribution in [-0.2, 0) is 4.79 Å². The predicted octanol–water partition coefficient (Wildman–Crippen LogP) is 2.80. The van der Waals surface area contributed by atoms with Crippen molar-refractivity contribution in [3.05, 3.63) is 33.8 Å². The van der Waals surface area contributed by atoms with Crippen molar-refractivity contribution >= 4 is 35.0 Å². The lowest BCUT2D eigenvalue weighted by molar-refractivity contribution is -0.138. The van der Waals surface area contributed by atoms with Crippen LogP contribution in [0, 0.1) is 5.92 Å². The first-order valence-corrected chi connectivity index (χ1v) is 9.50. The summed E-state index contributed by atoms with van der Waals surface area (Å²) in [6.45, 7) is 2.15. The van der Waals surface area contributed by atoms with Crippen LogP contribution in [-0.4, -0.2) is 53.8 Å². The van der Waals surface area contributed by atoms with Crippen LogP contribution in [0.3, 0.4) is 0 Å². The summed E-state index contributed by atoms with van der Waals surface area (Å²) in [5.41, 5.74) is 6.45. The Bertz CT molecular complexity index is 660. The zero-order valence-electron chi connectivity index (χ0n) is 14.1. The maximum Gasteiger partial charge on any atom is 0.255 e. The third-order valence-electron chi connectivity index (χ3n) is 5.10. The third kappa shape index (κ3) is 4.27. The minimum atomic E-state index is -0.117. The molecule has 1 aromatic carbocycles. The van der Waals surface area contributed by atoms with Crippen LogP contribution in [0.1, 0.15) is 36.0 Å². The van der Waals surface area contributed by atoms with E-state index >= 15 is 0 Å². The van der Waals surface area contributed by atoms with Crippen LogP contribution in [0.15, 0.2) is 18.2 Å². The van der Waals surface area contributed by atoms with Gasteiger partial charge in [0.05, 0.1) is 10.6 Å². The molecule has 2 aliphatic rings. The van der Waals surface area contributed by atoms with Gasteiger partial charge in [0, 0.05) is 43.2 Å². The fourth-order valence-electron chi connectivity index (χ4n) is 3.67. The molecule has 0 aromatic heterocycles. The first-order chi connectivity index (χ1) is 12.0. The van der Waals surface area contributed by atoms with Crippen LogP contribution < -0.4 is 5.73 Å². The van der Waals surface area contributed by atoms with Gasteiger partial charge in [0.2, 0.25) is 5.91 Å². The van der Waals surface area contributed by atoms with Crippen molar-refractivity contribution in [1.82, 2.24) is 9.80 Å². The molecule has 1 heterocycles. The van der Waals surface area contributed by atoms with Gasteiger partial charge in [-0.15, -0.1) is 0 Å². The van der Waals surface area contributed by atoms with E-state index in [1.165, 1.54) is 0 Å². The van der Waals surface area contributed by atoms with Gasteiger partial charge in [0.1, 0.15) is 0 Å². The van der Waals surface area contributed by atoms with Crippen molar-refractivity contribution in [2.24, 2.45) is 11.7 Å². The highest BCUT2D eigenvalue weighted by molar-refractivity contribution is 6.36. The largest absolute Gasteiger partial charge is 0.339 e. The molecule has 2 N–H and O–H groups in total. The Hall–Kier alpha value is -1.30. The zero-order chi connectivity index (χ0) is 18.0. The van der Waals surface area contributed by atoms with Gasteiger partial charge in [0.15, 0.2) is 0 Å². The van der Waals surface area contributed by atoms with Crippen molar-refractivity contribution < 1.29 is 9.59 Å².